The summed E-state index contributed by atoms with van der Waals surface area (Å²) in [6, 6.07) is 4.70. The van der Waals surface area contributed by atoms with Crippen molar-refractivity contribution in [1.82, 2.24) is 0 Å². The number of allylic oxidation sites excluding steroid dienone is 3. The minimum absolute atomic E-state index is 0.211. The maximum atomic E-state index is 4.03. The van der Waals surface area contributed by atoms with Crippen LogP contribution in [0.25, 0.3) is 17.2 Å². The zero-order valence-corrected chi connectivity index (χ0v) is 16.5. The molecule has 0 N–H and O–H groups in total. The van der Waals surface area contributed by atoms with Crippen LogP contribution in [0.3, 0.4) is 0 Å². The van der Waals surface area contributed by atoms with Crippen LogP contribution in [0.2, 0.25) is 0 Å². The zero-order valence-electron chi connectivity index (χ0n) is 16.5. The Balaban J connectivity index is 2.94. The second-order valence-corrected chi connectivity index (χ2v) is 7.76. The molecular formula is C24H34. The molecule has 130 valence electrons. The highest BCUT2D eigenvalue weighted by atomic mass is 14.3. The fourth-order valence-corrected chi connectivity index (χ4v) is 3.48. The maximum Gasteiger partial charge on any atom is -0.0100 e. The quantitative estimate of drug-likeness (QED) is 0.586. The molecule has 0 radical (unpaired) electrons. The van der Waals surface area contributed by atoms with Gasteiger partial charge in [0.2, 0.25) is 0 Å². The van der Waals surface area contributed by atoms with Crippen LogP contribution in [0.15, 0.2) is 30.9 Å². The molecule has 1 aromatic rings. The topological polar surface area (TPSA) is 0 Å². The van der Waals surface area contributed by atoms with E-state index < -0.39 is 0 Å². The largest absolute Gasteiger partial charge is 0.0985 e. The Labute approximate surface area is 148 Å². The molecule has 1 aliphatic carbocycles. The van der Waals surface area contributed by atoms with Crippen molar-refractivity contribution in [2.24, 2.45) is 5.92 Å². The van der Waals surface area contributed by atoms with E-state index in [1.807, 2.05) is 6.08 Å². The normalized spacial score (nSPS) is 21.2. The number of benzene rings is 1. The van der Waals surface area contributed by atoms with E-state index in [0.717, 1.165) is 18.8 Å². The number of hydrogen-bond acceptors (Lipinski definition) is 0. The van der Waals surface area contributed by atoms with Crippen LogP contribution in [-0.2, 0) is 5.41 Å². The van der Waals surface area contributed by atoms with Crippen molar-refractivity contribution in [3.05, 3.63) is 52.4 Å². The summed E-state index contributed by atoms with van der Waals surface area (Å²) in [5.41, 5.74) is 5.97. The lowest BCUT2D eigenvalue weighted by Gasteiger charge is -2.25. The van der Waals surface area contributed by atoms with Crippen LogP contribution < -0.4 is 10.4 Å². The third kappa shape index (κ3) is 3.58. The molecule has 0 aliphatic heterocycles. The molecule has 1 saturated carbocycles. The van der Waals surface area contributed by atoms with Gasteiger partial charge < -0.3 is 0 Å². The molecule has 0 nitrogen and oxygen atoms in total. The monoisotopic (exact) mass is 322 g/mol. The van der Waals surface area contributed by atoms with Gasteiger partial charge in [0, 0.05) is 0 Å². The fraction of sp³-hybridized carbons (Fsp3) is 0.500. The third-order valence-corrected chi connectivity index (χ3v) is 5.62. The lowest BCUT2D eigenvalue weighted by atomic mass is 9.79. The minimum Gasteiger partial charge on any atom is -0.0985 e. The highest BCUT2D eigenvalue weighted by Crippen LogP contribution is 2.38. The molecule has 0 amide bonds. The zero-order chi connectivity index (χ0) is 17.9. The van der Waals surface area contributed by atoms with E-state index in [2.05, 4.69) is 72.4 Å². The van der Waals surface area contributed by atoms with Crippen molar-refractivity contribution < 1.29 is 0 Å². The van der Waals surface area contributed by atoms with Gasteiger partial charge in [-0.2, -0.15) is 0 Å². The third-order valence-electron chi connectivity index (χ3n) is 5.62. The first kappa shape index (κ1) is 18.8. The second-order valence-electron chi connectivity index (χ2n) is 7.76. The first-order valence-electron chi connectivity index (χ1n) is 9.57. The van der Waals surface area contributed by atoms with Crippen molar-refractivity contribution in [3.8, 4) is 0 Å². The van der Waals surface area contributed by atoms with Crippen LogP contribution in [0.4, 0.5) is 0 Å². The summed E-state index contributed by atoms with van der Waals surface area (Å²) in [6.45, 7) is 17.8. The van der Waals surface area contributed by atoms with Crippen LogP contribution >= 0.6 is 0 Å². The molecule has 0 aromatic heterocycles. The molecule has 1 fully saturated rings. The summed E-state index contributed by atoms with van der Waals surface area (Å²) in [7, 11) is 0. The van der Waals surface area contributed by atoms with Gasteiger partial charge in [-0.3, -0.25) is 0 Å². The average molecular weight is 323 g/mol. The summed E-state index contributed by atoms with van der Waals surface area (Å²) in [6.07, 6.45) is 11.4. The first-order valence-corrected chi connectivity index (χ1v) is 9.57. The Kier molecular flexibility index (Phi) is 5.91. The van der Waals surface area contributed by atoms with Crippen molar-refractivity contribution in [3.63, 3.8) is 0 Å². The van der Waals surface area contributed by atoms with Gasteiger partial charge in [0.15, 0.2) is 0 Å². The Morgan fingerprint density at radius 2 is 1.96 bits per heavy atom. The molecule has 1 atom stereocenters. The lowest BCUT2D eigenvalue weighted by molar-refractivity contribution is 0.502. The molecule has 0 heterocycles. The first-order chi connectivity index (χ1) is 11.4. The van der Waals surface area contributed by atoms with Crippen molar-refractivity contribution in [1.29, 1.82) is 0 Å². The van der Waals surface area contributed by atoms with Crippen molar-refractivity contribution in [2.75, 3.05) is 0 Å². The van der Waals surface area contributed by atoms with Gasteiger partial charge in [-0.05, 0) is 64.7 Å². The minimum atomic E-state index is 0.211. The molecule has 0 spiro atoms. The fourth-order valence-electron chi connectivity index (χ4n) is 3.48. The standard InChI is InChI=1S/C24H34/c1-8-12-13-20-19(18(9-2)10-3)14-15-22(24(6,7)11-4)23(20)21-16-17(21)5/h9-10,13-15,17H,2,8,11-12,16H2,1,3-7H3. The van der Waals surface area contributed by atoms with Crippen LogP contribution in [0.1, 0.15) is 78.4 Å². The Morgan fingerprint density at radius 1 is 1.29 bits per heavy atom. The molecule has 1 aromatic carbocycles. The average Bonchev–Trinajstić information content (AvgIpc) is 3.30. The molecule has 1 unspecified atom stereocenters. The predicted molar refractivity (Wildman–Crippen MR) is 109 cm³/mol. The highest BCUT2D eigenvalue weighted by Gasteiger charge is 2.29. The van der Waals surface area contributed by atoms with Gasteiger partial charge >= 0.3 is 0 Å². The molecular weight excluding hydrogens is 288 g/mol. The summed E-state index contributed by atoms with van der Waals surface area (Å²) in [4.78, 5) is 0. The number of hydrogen-bond donors (Lipinski definition) is 0. The van der Waals surface area contributed by atoms with E-state index in [-0.39, 0.29) is 5.41 Å². The molecule has 0 bridgehead atoms. The van der Waals surface area contributed by atoms with Gasteiger partial charge in [0.25, 0.3) is 0 Å². The van der Waals surface area contributed by atoms with Crippen molar-refractivity contribution >= 4 is 17.2 Å². The molecule has 1 aliphatic rings. The Morgan fingerprint density at radius 3 is 2.42 bits per heavy atom. The number of unbranched alkanes of at least 4 members (excludes halogenated alkanes) is 1. The summed E-state index contributed by atoms with van der Waals surface area (Å²) in [5, 5.41) is 2.99. The van der Waals surface area contributed by atoms with Gasteiger partial charge in [-0.1, -0.05) is 83.6 Å². The smallest absolute Gasteiger partial charge is 0.0100 e. The predicted octanol–water partition coefficient (Wildman–Crippen LogP) is 5.73. The Bertz CT molecular complexity index is 756. The molecule has 0 saturated heterocycles. The molecule has 0 heteroatoms. The van der Waals surface area contributed by atoms with Crippen LogP contribution in [0.5, 0.6) is 0 Å². The molecule has 24 heavy (non-hydrogen) atoms. The summed E-state index contributed by atoms with van der Waals surface area (Å²) in [5.74, 6) is 0.734. The van der Waals surface area contributed by atoms with Crippen LogP contribution in [-0.4, -0.2) is 0 Å². The van der Waals surface area contributed by atoms with Crippen molar-refractivity contribution in [2.45, 2.75) is 72.6 Å². The second kappa shape index (κ2) is 7.55. The lowest BCUT2D eigenvalue weighted by Crippen LogP contribution is -2.37. The van der Waals surface area contributed by atoms with E-state index in [0.29, 0.717) is 0 Å². The van der Waals surface area contributed by atoms with Gasteiger partial charge in [0.05, 0.1) is 0 Å². The van der Waals surface area contributed by atoms with E-state index in [1.165, 1.54) is 34.8 Å². The maximum absolute atomic E-state index is 4.03. The van der Waals surface area contributed by atoms with Crippen LogP contribution in [0, 0.1) is 5.92 Å². The van der Waals surface area contributed by atoms with Gasteiger partial charge in [-0.15, -0.1) is 0 Å². The van der Waals surface area contributed by atoms with Gasteiger partial charge in [-0.25, -0.2) is 0 Å². The summed E-state index contributed by atoms with van der Waals surface area (Å²) >= 11 is 0. The van der Waals surface area contributed by atoms with E-state index in [4.69, 9.17) is 0 Å². The number of rotatable bonds is 6. The summed E-state index contributed by atoms with van der Waals surface area (Å²) < 4.78 is 0. The molecule has 2 rings (SSSR count). The van der Waals surface area contributed by atoms with E-state index >= 15 is 0 Å². The van der Waals surface area contributed by atoms with E-state index in [1.54, 1.807) is 10.8 Å². The Hall–Kier alpha value is -1.56. The SMILES string of the molecule is C=CC(=CC)c1ccc(C(C)(C)CC)c(=C2CC2C)c1=CCCC. The van der Waals surface area contributed by atoms with Gasteiger partial charge in [0.1, 0.15) is 0 Å². The highest BCUT2D eigenvalue weighted by molar-refractivity contribution is 5.76. The van der Waals surface area contributed by atoms with E-state index in [9.17, 15) is 0 Å².